The molecule has 1 atom stereocenters. The molecular weight excluding hydrogens is 325 g/mol. The summed E-state index contributed by atoms with van der Waals surface area (Å²) in [6, 6.07) is 8.66. The Morgan fingerprint density at radius 1 is 1.27 bits per heavy atom. The van der Waals surface area contributed by atoms with Crippen LogP contribution in [0.1, 0.15) is 19.4 Å². The fraction of sp³-hybridized carbons (Fsp3) is 0.375. The van der Waals surface area contributed by atoms with Crippen molar-refractivity contribution in [3.8, 4) is 0 Å². The van der Waals surface area contributed by atoms with Gasteiger partial charge in [-0.05, 0) is 11.5 Å². The van der Waals surface area contributed by atoms with Crippen molar-refractivity contribution in [1.82, 2.24) is 4.90 Å². The Morgan fingerprint density at radius 3 is 2.41 bits per heavy atom. The van der Waals surface area contributed by atoms with Crippen LogP contribution >= 0.6 is 23.2 Å². The van der Waals surface area contributed by atoms with Gasteiger partial charge in [0.1, 0.15) is 17.7 Å². The van der Waals surface area contributed by atoms with Gasteiger partial charge in [-0.2, -0.15) is 0 Å². The van der Waals surface area contributed by atoms with Crippen LogP contribution in [-0.2, 0) is 20.9 Å². The second-order valence-electron chi connectivity index (χ2n) is 5.43. The molecule has 0 saturated heterocycles. The van der Waals surface area contributed by atoms with Gasteiger partial charge in [0.2, 0.25) is 0 Å². The maximum absolute atomic E-state index is 12.4. The molecule has 0 radical (unpaired) electrons. The first kappa shape index (κ1) is 16.8. The fourth-order valence-corrected chi connectivity index (χ4v) is 2.71. The van der Waals surface area contributed by atoms with Crippen LogP contribution < -0.4 is 0 Å². The lowest BCUT2D eigenvalue weighted by Crippen LogP contribution is -2.47. The number of amides is 1. The zero-order chi connectivity index (χ0) is 16.3. The fourth-order valence-electron chi connectivity index (χ4n) is 2.33. The average molecular weight is 342 g/mol. The third kappa shape index (κ3) is 3.62. The molecule has 0 N–H and O–H groups in total. The predicted octanol–water partition coefficient (Wildman–Crippen LogP) is 3.29. The molecule has 22 heavy (non-hydrogen) atoms. The van der Waals surface area contributed by atoms with E-state index in [9.17, 15) is 9.59 Å². The number of benzene rings is 1. The number of carbonyl (C=O) groups is 2. The van der Waals surface area contributed by atoms with Crippen molar-refractivity contribution in [2.24, 2.45) is 5.92 Å². The minimum Gasteiger partial charge on any atom is -0.459 e. The molecular formula is C16H17Cl2NO3. The molecule has 2 rings (SSSR count). The zero-order valence-electron chi connectivity index (χ0n) is 12.4. The van der Waals surface area contributed by atoms with Crippen LogP contribution in [0.2, 0.25) is 0 Å². The Labute approximate surface area is 139 Å². The lowest BCUT2D eigenvalue weighted by Gasteiger charge is -2.29. The molecule has 1 aromatic rings. The predicted molar refractivity (Wildman–Crippen MR) is 85.3 cm³/mol. The Balaban J connectivity index is 2.06. The van der Waals surface area contributed by atoms with Gasteiger partial charge >= 0.3 is 5.97 Å². The number of esters is 1. The third-order valence-electron chi connectivity index (χ3n) is 3.43. The van der Waals surface area contributed by atoms with Gasteiger partial charge in [0.25, 0.3) is 5.91 Å². The molecule has 0 unspecified atom stereocenters. The van der Waals surface area contributed by atoms with Crippen molar-refractivity contribution in [2.45, 2.75) is 26.5 Å². The number of hydrogen-bond acceptors (Lipinski definition) is 3. The van der Waals surface area contributed by atoms with Gasteiger partial charge in [-0.1, -0.05) is 67.4 Å². The van der Waals surface area contributed by atoms with E-state index in [4.69, 9.17) is 27.9 Å². The lowest BCUT2D eigenvalue weighted by atomic mass is 10.0. The van der Waals surface area contributed by atoms with E-state index in [0.29, 0.717) is 0 Å². The SMILES string of the molecule is CC(C)[C@@H](C(=O)OCc1ccccc1)N1CC(Cl)=C(Cl)C1=O. The van der Waals surface area contributed by atoms with E-state index in [0.717, 1.165) is 5.56 Å². The molecule has 0 spiro atoms. The van der Waals surface area contributed by atoms with Gasteiger partial charge in [-0.25, -0.2) is 4.79 Å². The van der Waals surface area contributed by atoms with E-state index in [-0.39, 0.29) is 29.1 Å². The van der Waals surface area contributed by atoms with E-state index >= 15 is 0 Å². The standard InChI is InChI=1S/C16H17Cl2NO3/c1-10(2)14(19-8-12(17)13(18)15(19)20)16(21)22-9-11-6-4-3-5-7-11/h3-7,10,14H,8-9H2,1-2H3/t14-/m0/s1. The van der Waals surface area contributed by atoms with Crippen molar-refractivity contribution in [2.75, 3.05) is 6.54 Å². The van der Waals surface area contributed by atoms with Crippen LogP contribution in [0, 0.1) is 5.92 Å². The third-order valence-corrected chi connectivity index (χ3v) is 4.22. The first-order valence-electron chi connectivity index (χ1n) is 6.97. The summed E-state index contributed by atoms with van der Waals surface area (Å²) in [4.78, 5) is 25.8. The summed E-state index contributed by atoms with van der Waals surface area (Å²) in [6.07, 6.45) is 0. The minimum atomic E-state index is -0.707. The molecule has 0 bridgehead atoms. The van der Waals surface area contributed by atoms with Crippen molar-refractivity contribution >= 4 is 35.1 Å². The topological polar surface area (TPSA) is 46.6 Å². The van der Waals surface area contributed by atoms with Crippen LogP contribution in [0.25, 0.3) is 0 Å². The molecule has 1 aliphatic heterocycles. The van der Waals surface area contributed by atoms with Gasteiger partial charge in [-0.3, -0.25) is 4.79 Å². The smallest absolute Gasteiger partial charge is 0.329 e. The number of ether oxygens (including phenoxy) is 1. The summed E-state index contributed by atoms with van der Waals surface area (Å²) in [6.45, 7) is 4.01. The molecule has 4 nitrogen and oxygen atoms in total. The van der Waals surface area contributed by atoms with Crippen molar-refractivity contribution < 1.29 is 14.3 Å². The summed E-state index contributed by atoms with van der Waals surface area (Å²) in [5.74, 6) is -0.996. The zero-order valence-corrected chi connectivity index (χ0v) is 13.9. The number of carbonyl (C=O) groups excluding carboxylic acids is 2. The Bertz CT molecular complexity index is 599. The maximum atomic E-state index is 12.4. The average Bonchev–Trinajstić information content (AvgIpc) is 2.74. The quantitative estimate of drug-likeness (QED) is 0.772. The van der Waals surface area contributed by atoms with Crippen molar-refractivity contribution in [3.63, 3.8) is 0 Å². The number of halogens is 2. The first-order chi connectivity index (χ1) is 10.4. The Morgan fingerprint density at radius 2 is 1.91 bits per heavy atom. The van der Waals surface area contributed by atoms with E-state index in [1.807, 2.05) is 44.2 Å². The van der Waals surface area contributed by atoms with Gasteiger partial charge in [0.05, 0.1) is 11.6 Å². The lowest BCUT2D eigenvalue weighted by molar-refractivity contribution is -0.156. The van der Waals surface area contributed by atoms with E-state index < -0.39 is 17.9 Å². The normalized spacial score (nSPS) is 16.4. The van der Waals surface area contributed by atoms with Gasteiger partial charge in [-0.15, -0.1) is 0 Å². The number of nitrogens with zero attached hydrogens (tertiary/aromatic N) is 1. The maximum Gasteiger partial charge on any atom is 0.329 e. The molecule has 6 heteroatoms. The van der Waals surface area contributed by atoms with Gasteiger partial charge in [0.15, 0.2) is 0 Å². The highest BCUT2D eigenvalue weighted by Crippen LogP contribution is 2.29. The second-order valence-corrected chi connectivity index (χ2v) is 6.27. The molecule has 0 fully saturated rings. The summed E-state index contributed by atoms with van der Waals surface area (Å²) < 4.78 is 5.35. The second kappa shape index (κ2) is 7.16. The van der Waals surface area contributed by atoms with Gasteiger partial charge in [0, 0.05) is 0 Å². The molecule has 118 valence electrons. The van der Waals surface area contributed by atoms with Crippen LogP contribution in [0.4, 0.5) is 0 Å². The molecule has 1 amide bonds. The highest BCUT2D eigenvalue weighted by Gasteiger charge is 2.39. The van der Waals surface area contributed by atoms with E-state index in [2.05, 4.69) is 0 Å². The van der Waals surface area contributed by atoms with Crippen LogP contribution in [0.15, 0.2) is 40.4 Å². The van der Waals surface area contributed by atoms with Crippen LogP contribution in [-0.4, -0.2) is 29.4 Å². The highest BCUT2D eigenvalue weighted by atomic mass is 35.5. The van der Waals surface area contributed by atoms with Gasteiger partial charge < -0.3 is 9.64 Å². The molecule has 0 aromatic heterocycles. The molecule has 1 aromatic carbocycles. The first-order valence-corrected chi connectivity index (χ1v) is 7.73. The molecule has 1 heterocycles. The number of hydrogen-bond donors (Lipinski definition) is 0. The Hall–Kier alpha value is -1.52. The summed E-state index contributed by atoms with van der Waals surface area (Å²) in [5, 5.41) is 0.233. The summed E-state index contributed by atoms with van der Waals surface area (Å²) >= 11 is 11.8. The monoisotopic (exact) mass is 341 g/mol. The summed E-state index contributed by atoms with van der Waals surface area (Å²) in [7, 11) is 0. The molecule has 0 aliphatic carbocycles. The van der Waals surface area contributed by atoms with Crippen LogP contribution in [0.3, 0.4) is 0 Å². The van der Waals surface area contributed by atoms with Crippen LogP contribution in [0.5, 0.6) is 0 Å². The van der Waals surface area contributed by atoms with E-state index in [1.165, 1.54) is 4.90 Å². The molecule has 0 saturated carbocycles. The minimum absolute atomic E-state index is 0.0248. The van der Waals surface area contributed by atoms with E-state index in [1.54, 1.807) is 0 Å². The number of rotatable bonds is 5. The van der Waals surface area contributed by atoms with Crippen molar-refractivity contribution in [1.29, 1.82) is 0 Å². The summed E-state index contributed by atoms with van der Waals surface area (Å²) in [5.41, 5.74) is 0.889. The van der Waals surface area contributed by atoms with Crippen molar-refractivity contribution in [3.05, 3.63) is 46.0 Å². The largest absolute Gasteiger partial charge is 0.459 e. The molecule has 1 aliphatic rings. The highest BCUT2D eigenvalue weighted by molar-refractivity contribution is 6.49. The Kier molecular flexibility index (Phi) is 5.48.